The molecule has 0 saturated carbocycles. The maximum Gasteiger partial charge on any atom is 0.317 e. The first-order valence-electron chi connectivity index (χ1n) is 8.58. The van der Waals surface area contributed by atoms with Crippen molar-refractivity contribution in [1.82, 2.24) is 0 Å². The molecule has 0 aliphatic rings. The molecule has 0 spiro atoms. The number of carbonyl (C=O) groups is 1. The molecule has 0 heterocycles. The smallest absolute Gasteiger partial charge is 0.317 e. The first-order valence-corrected chi connectivity index (χ1v) is 18.8. The van der Waals surface area contributed by atoms with Gasteiger partial charge in [-0.1, -0.05) is 6.07 Å². The van der Waals surface area contributed by atoms with E-state index in [2.05, 4.69) is 39.3 Å². The second-order valence-corrected chi connectivity index (χ2v) is 22.3. The molecule has 0 aromatic heterocycles. The van der Waals surface area contributed by atoms with E-state index in [-0.39, 0.29) is 5.97 Å². The Morgan fingerprint density at radius 3 is 1.80 bits per heavy atom. The van der Waals surface area contributed by atoms with Crippen LogP contribution in [0.3, 0.4) is 0 Å². The molecular weight excluding hydrogens is 364 g/mol. The van der Waals surface area contributed by atoms with E-state index < -0.39 is 25.0 Å². The summed E-state index contributed by atoms with van der Waals surface area (Å²) in [6.45, 7) is 18.8. The fourth-order valence-corrected chi connectivity index (χ4v) is 4.27. The lowest BCUT2D eigenvalue weighted by molar-refractivity contribution is -0.129. The molecule has 140 valence electrons. The van der Waals surface area contributed by atoms with Crippen LogP contribution in [0.25, 0.3) is 6.08 Å². The van der Waals surface area contributed by atoms with Crippen LogP contribution in [-0.2, 0) is 9.22 Å². The molecule has 0 amide bonds. The van der Waals surface area contributed by atoms with E-state index in [4.69, 9.17) is 13.3 Å². The minimum Gasteiger partial charge on any atom is -0.542 e. The van der Waals surface area contributed by atoms with Crippen LogP contribution in [0.15, 0.2) is 24.3 Å². The van der Waals surface area contributed by atoms with Crippen molar-refractivity contribution in [3.05, 3.63) is 29.8 Å². The number of carbonyl (C=O) groups excluding carboxylic acids is 1. The van der Waals surface area contributed by atoms with Crippen LogP contribution in [-0.4, -0.2) is 30.9 Å². The lowest BCUT2D eigenvalue weighted by Gasteiger charge is -2.26. The molecule has 1 aromatic carbocycles. The van der Waals surface area contributed by atoms with Gasteiger partial charge in [-0.2, -0.15) is 0 Å². The summed E-state index contributed by atoms with van der Waals surface area (Å²) in [5.74, 6) is 1.24. The summed E-state index contributed by atoms with van der Waals surface area (Å²) in [5.41, 5.74) is 0.892. The second kappa shape index (κ2) is 7.92. The van der Waals surface area contributed by atoms with Gasteiger partial charge in [0.15, 0.2) is 0 Å². The molecule has 0 N–H and O–H groups in total. The minimum absolute atomic E-state index is 0.297. The van der Waals surface area contributed by atoms with Gasteiger partial charge >= 0.3 is 5.97 Å². The number of rotatable bonds is 7. The number of hydrogen-bond donors (Lipinski definition) is 0. The fraction of sp³-hybridized carbons (Fsp3) is 0.500. The summed E-state index contributed by atoms with van der Waals surface area (Å²) >= 11 is 0. The predicted octanol–water partition coefficient (Wildman–Crippen LogP) is 5.51. The Morgan fingerprint density at radius 1 is 0.800 bits per heavy atom. The van der Waals surface area contributed by atoms with Crippen LogP contribution < -0.4 is 8.85 Å². The van der Waals surface area contributed by atoms with Crippen molar-refractivity contribution in [3.8, 4) is 11.5 Å². The molecule has 0 radical (unpaired) electrons. The topological polar surface area (TPSA) is 44.8 Å². The van der Waals surface area contributed by atoms with E-state index in [0.29, 0.717) is 0 Å². The predicted molar refractivity (Wildman–Crippen MR) is 113 cm³/mol. The third kappa shape index (κ3) is 9.66. The van der Waals surface area contributed by atoms with Gasteiger partial charge in [0.2, 0.25) is 25.0 Å². The molecule has 1 aromatic rings. The average molecular weight is 397 g/mol. The first-order chi connectivity index (χ1) is 11.1. The van der Waals surface area contributed by atoms with Gasteiger partial charge in [-0.15, -0.1) is 0 Å². The molecule has 0 aliphatic carbocycles. The van der Waals surface area contributed by atoms with Gasteiger partial charge in [-0.3, -0.25) is 0 Å². The normalized spacial score (nSPS) is 13.0. The van der Waals surface area contributed by atoms with Gasteiger partial charge in [0, 0.05) is 6.08 Å². The van der Waals surface area contributed by atoms with Crippen LogP contribution in [0.4, 0.5) is 0 Å². The number of hydrogen-bond acceptors (Lipinski definition) is 4. The molecule has 7 heteroatoms. The molecule has 0 aliphatic heterocycles. The van der Waals surface area contributed by atoms with Crippen molar-refractivity contribution >= 4 is 37.0 Å². The van der Waals surface area contributed by atoms with Gasteiger partial charge < -0.3 is 13.3 Å². The quantitative estimate of drug-likeness (QED) is 0.450. The Bertz CT molecular complexity index is 635. The fourth-order valence-electron chi connectivity index (χ4n) is 1.95. The molecule has 1 rings (SSSR count). The van der Waals surface area contributed by atoms with Crippen molar-refractivity contribution < 1.29 is 18.1 Å². The minimum atomic E-state index is -1.87. The molecule has 0 fully saturated rings. The summed E-state index contributed by atoms with van der Waals surface area (Å²) in [6.07, 6.45) is 3.24. The molecule has 25 heavy (non-hydrogen) atoms. The third-order valence-electron chi connectivity index (χ3n) is 2.62. The molecular formula is C18H32O4Si3. The van der Waals surface area contributed by atoms with E-state index in [0.717, 1.165) is 17.1 Å². The van der Waals surface area contributed by atoms with Crippen molar-refractivity contribution in [1.29, 1.82) is 0 Å². The molecule has 0 atom stereocenters. The summed E-state index contributed by atoms with van der Waals surface area (Å²) in [7, 11) is -5.39. The van der Waals surface area contributed by atoms with Crippen molar-refractivity contribution in [2.75, 3.05) is 0 Å². The van der Waals surface area contributed by atoms with Crippen LogP contribution >= 0.6 is 0 Å². The lowest BCUT2D eigenvalue weighted by Crippen LogP contribution is -2.32. The third-order valence-corrected chi connectivity index (χ3v) is 5.10. The highest BCUT2D eigenvalue weighted by Gasteiger charge is 2.23. The van der Waals surface area contributed by atoms with Gasteiger partial charge in [0.1, 0.15) is 11.5 Å². The van der Waals surface area contributed by atoms with Crippen molar-refractivity contribution in [2.24, 2.45) is 0 Å². The Morgan fingerprint density at radius 2 is 1.32 bits per heavy atom. The summed E-state index contributed by atoms with van der Waals surface area (Å²) in [6, 6.07) is 5.80. The Kier molecular flexibility index (Phi) is 6.88. The summed E-state index contributed by atoms with van der Waals surface area (Å²) in [5, 5.41) is 0. The van der Waals surface area contributed by atoms with Gasteiger partial charge in [0.25, 0.3) is 0 Å². The average Bonchev–Trinajstić information content (AvgIpc) is 2.33. The zero-order chi connectivity index (χ0) is 19.5. The molecule has 0 bridgehead atoms. The van der Waals surface area contributed by atoms with E-state index in [1.54, 1.807) is 6.08 Å². The largest absolute Gasteiger partial charge is 0.542 e. The Labute approximate surface area is 155 Å². The van der Waals surface area contributed by atoms with Crippen molar-refractivity contribution in [2.45, 2.75) is 58.9 Å². The zero-order valence-corrected chi connectivity index (χ0v) is 20.0. The molecule has 0 unspecified atom stereocenters. The first kappa shape index (κ1) is 21.7. The highest BCUT2D eigenvalue weighted by molar-refractivity contribution is 6.71. The van der Waals surface area contributed by atoms with Gasteiger partial charge in [-0.05, 0) is 82.7 Å². The van der Waals surface area contributed by atoms with E-state index in [1.165, 1.54) is 6.08 Å². The number of benzene rings is 1. The van der Waals surface area contributed by atoms with E-state index in [1.807, 2.05) is 37.8 Å². The van der Waals surface area contributed by atoms with Crippen LogP contribution in [0, 0.1) is 0 Å². The van der Waals surface area contributed by atoms with E-state index >= 15 is 0 Å². The molecule has 0 saturated heterocycles. The van der Waals surface area contributed by atoms with Crippen LogP contribution in [0.1, 0.15) is 5.56 Å². The highest BCUT2D eigenvalue weighted by Crippen LogP contribution is 2.33. The zero-order valence-electron chi connectivity index (χ0n) is 17.0. The standard InChI is InChI=1S/C18H32O4Si3/c1-23(2,3)20-16-12-10-15(14-17(16)21-24(4,5)6)11-13-18(19)22-25(7,8)9/h10-14H,1-9H3. The monoisotopic (exact) mass is 396 g/mol. The molecule has 4 nitrogen and oxygen atoms in total. The Balaban J connectivity index is 3.07. The Hall–Kier alpha value is -1.32. The highest BCUT2D eigenvalue weighted by atomic mass is 28.4. The maximum atomic E-state index is 11.9. The lowest BCUT2D eigenvalue weighted by atomic mass is 10.2. The van der Waals surface area contributed by atoms with Gasteiger partial charge in [-0.25, -0.2) is 4.79 Å². The van der Waals surface area contributed by atoms with Crippen molar-refractivity contribution in [3.63, 3.8) is 0 Å². The SMILES string of the molecule is C[Si](C)(C)OC(=O)C=Cc1ccc(O[Si](C)(C)C)c(O[Si](C)(C)C)c1. The van der Waals surface area contributed by atoms with Gasteiger partial charge in [0.05, 0.1) is 0 Å². The van der Waals surface area contributed by atoms with Crippen LogP contribution in [0.2, 0.25) is 58.9 Å². The maximum absolute atomic E-state index is 11.9. The van der Waals surface area contributed by atoms with E-state index in [9.17, 15) is 4.79 Å². The summed E-state index contributed by atoms with van der Waals surface area (Å²) in [4.78, 5) is 11.9. The second-order valence-electron chi connectivity index (χ2n) is 9.00. The van der Waals surface area contributed by atoms with Crippen LogP contribution in [0.5, 0.6) is 11.5 Å². The summed E-state index contributed by atoms with van der Waals surface area (Å²) < 4.78 is 17.8.